The Labute approximate surface area is 171 Å². The summed E-state index contributed by atoms with van der Waals surface area (Å²) in [6, 6.07) is 10.3. The average molecular weight is 408 g/mol. The van der Waals surface area contributed by atoms with E-state index in [2.05, 4.69) is 34.3 Å². The number of fused-ring (bicyclic) bond motifs is 3. The minimum atomic E-state index is -1.14. The number of anilines is 1. The lowest BCUT2D eigenvalue weighted by Gasteiger charge is -2.19. The number of hydrogen-bond donors (Lipinski definition) is 2. The van der Waals surface area contributed by atoms with Gasteiger partial charge in [0.25, 0.3) is 0 Å². The molecule has 2 N–H and O–H groups in total. The van der Waals surface area contributed by atoms with Crippen LogP contribution in [-0.4, -0.2) is 31.9 Å². The normalized spacial score (nSPS) is 14.3. The van der Waals surface area contributed by atoms with Crippen molar-refractivity contribution in [3.05, 3.63) is 64.8 Å². The van der Waals surface area contributed by atoms with Crippen LogP contribution in [0.1, 0.15) is 35.4 Å². The fraction of sp³-hybridized carbons (Fsp3) is 0.238. The molecule has 0 spiro atoms. The summed E-state index contributed by atoms with van der Waals surface area (Å²) in [6.45, 7) is 2.99. The summed E-state index contributed by atoms with van der Waals surface area (Å²) in [5, 5.41) is 13.2. The summed E-state index contributed by atoms with van der Waals surface area (Å²) in [6.07, 6.45) is 4.42. The molecule has 1 aromatic carbocycles. The molecule has 1 aliphatic heterocycles. The van der Waals surface area contributed by atoms with Gasteiger partial charge in [0.1, 0.15) is 17.0 Å². The molecule has 0 bridgehead atoms. The van der Waals surface area contributed by atoms with Gasteiger partial charge in [-0.05, 0) is 12.0 Å². The van der Waals surface area contributed by atoms with E-state index in [9.17, 15) is 9.59 Å². The number of aromatic nitrogens is 2. The van der Waals surface area contributed by atoms with E-state index in [1.165, 1.54) is 5.56 Å². The Hall–Kier alpha value is -3.26. The van der Waals surface area contributed by atoms with Crippen LogP contribution in [0.2, 0.25) is 0 Å². The quantitative estimate of drug-likeness (QED) is 0.604. The highest BCUT2D eigenvalue weighted by Gasteiger charge is 2.29. The molecule has 29 heavy (non-hydrogen) atoms. The highest BCUT2D eigenvalue weighted by Crippen LogP contribution is 2.40. The molecule has 0 saturated carbocycles. The number of carbonyl (C=O) groups excluding carboxylic acids is 1. The fourth-order valence-electron chi connectivity index (χ4n) is 3.54. The molecule has 4 rings (SSSR count). The molecule has 1 atom stereocenters. The maximum atomic E-state index is 12.3. The predicted molar refractivity (Wildman–Crippen MR) is 112 cm³/mol. The summed E-state index contributed by atoms with van der Waals surface area (Å²) in [4.78, 5) is 35.4. The number of carboxylic acid groups (broad SMARTS) is 1. The third-order valence-corrected chi connectivity index (χ3v) is 6.08. The maximum absolute atomic E-state index is 12.3. The number of rotatable bonds is 6. The zero-order chi connectivity index (χ0) is 20.4. The average Bonchev–Trinajstić information content (AvgIpc) is 3.29. The highest BCUT2D eigenvalue weighted by atomic mass is 32.1. The largest absolute Gasteiger partial charge is 0.478 e. The summed E-state index contributed by atoms with van der Waals surface area (Å²) in [5.74, 6) is -0.686. The van der Waals surface area contributed by atoms with Crippen molar-refractivity contribution in [2.75, 3.05) is 5.32 Å². The first-order valence-electron chi connectivity index (χ1n) is 9.33. The van der Waals surface area contributed by atoms with Crippen LogP contribution in [0.4, 0.5) is 5.82 Å². The van der Waals surface area contributed by atoms with Crippen molar-refractivity contribution in [2.24, 2.45) is 0 Å². The minimum Gasteiger partial charge on any atom is -0.478 e. The highest BCUT2D eigenvalue weighted by molar-refractivity contribution is 7.19. The van der Waals surface area contributed by atoms with Gasteiger partial charge >= 0.3 is 5.97 Å². The molecular formula is C21H20N4O3S. The predicted octanol–water partition coefficient (Wildman–Crippen LogP) is 3.74. The van der Waals surface area contributed by atoms with Crippen LogP contribution in [0.15, 0.2) is 48.8 Å². The number of carbonyl (C=O) groups is 2. The zero-order valence-electron chi connectivity index (χ0n) is 15.8. The lowest BCUT2D eigenvalue weighted by Crippen LogP contribution is -2.23. The molecule has 0 aliphatic carbocycles. The topological polar surface area (TPSA) is 95.4 Å². The Morgan fingerprint density at radius 3 is 2.76 bits per heavy atom. The first-order chi connectivity index (χ1) is 14.1. The summed E-state index contributed by atoms with van der Waals surface area (Å²) < 4.78 is 0. The van der Waals surface area contributed by atoms with Crippen molar-refractivity contribution in [1.82, 2.24) is 14.9 Å². The molecule has 1 unspecified atom stereocenters. The molecule has 0 saturated heterocycles. The van der Waals surface area contributed by atoms with E-state index in [1.807, 2.05) is 18.2 Å². The SMILES string of the molecule is CCC(Nc1ncnc2sc3c(c12)CN(C(=O)C=CC(=O)O)C3)c1ccccc1. The van der Waals surface area contributed by atoms with Gasteiger partial charge in [0, 0.05) is 29.1 Å². The summed E-state index contributed by atoms with van der Waals surface area (Å²) in [5.41, 5.74) is 2.22. The number of thiophene rings is 1. The van der Waals surface area contributed by atoms with Gasteiger partial charge in [0.15, 0.2) is 0 Å². The van der Waals surface area contributed by atoms with E-state index in [-0.39, 0.29) is 11.9 Å². The number of aliphatic carboxylic acids is 1. The molecule has 0 radical (unpaired) electrons. The molecule has 148 valence electrons. The fourth-order valence-corrected chi connectivity index (χ4v) is 4.70. The van der Waals surface area contributed by atoms with Gasteiger partial charge in [-0.3, -0.25) is 4.79 Å². The van der Waals surface area contributed by atoms with Gasteiger partial charge in [-0.2, -0.15) is 0 Å². The van der Waals surface area contributed by atoms with Crippen molar-refractivity contribution < 1.29 is 14.7 Å². The summed E-state index contributed by atoms with van der Waals surface area (Å²) >= 11 is 1.55. The van der Waals surface area contributed by atoms with Crippen molar-refractivity contribution in [2.45, 2.75) is 32.5 Å². The molecule has 3 heterocycles. The van der Waals surface area contributed by atoms with Crippen molar-refractivity contribution in [3.8, 4) is 0 Å². The Bertz CT molecular complexity index is 1090. The molecule has 1 aliphatic rings. The van der Waals surface area contributed by atoms with E-state index in [1.54, 1.807) is 22.6 Å². The molecule has 7 nitrogen and oxygen atoms in total. The molecule has 1 amide bonds. The molecule has 3 aromatic rings. The van der Waals surface area contributed by atoms with Crippen LogP contribution in [0.3, 0.4) is 0 Å². The van der Waals surface area contributed by atoms with Gasteiger partial charge in [0.05, 0.1) is 18.0 Å². The van der Waals surface area contributed by atoms with Crippen LogP contribution in [0, 0.1) is 0 Å². The van der Waals surface area contributed by atoms with Crippen LogP contribution in [0.25, 0.3) is 10.2 Å². The first kappa shape index (κ1) is 19.1. The number of benzene rings is 1. The number of carboxylic acids is 1. The molecular weight excluding hydrogens is 388 g/mol. The first-order valence-corrected chi connectivity index (χ1v) is 10.1. The number of nitrogens with one attached hydrogen (secondary N) is 1. The summed E-state index contributed by atoms with van der Waals surface area (Å²) in [7, 11) is 0. The third-order valence-electron chi connectivity index (χ3n) is 4.96. The van der Waals surface area contributed by atoms with E-state index in [0.717, 1.165) is 45.0 Å². The van der Waals surface area contributed by atoms with Crippen LogP contribution in [-0.2, 0) is 22.7 Å². The van der Waals surface area contributed by atoms with Gasteiger partial charge in [0.2, 0.25) is 5.91 Å². The number of nitrogens with zero attached hydrogens (tertiary/aromatic N) is 3. The third kappa shape index (κ3) is 3.84. The van der Waals surface area contributed by atoms with Gasteiger partial charge < -0.3 is 15.3 Å². The van der Waals surface area contributed by atoms with Crippen molar-refractivity contribution in [3.63, 3.8) is 0 Å². The van der Waals surface area contributed by atoms with Crippen LogP contribution >= 0.6 is 11.3 Å². The molecule has 0 fully saturated rings. The van der Waals surface area contributed by atoms with Gasteiger partial charge in [-0.15, -0.1) is 11.3 Å². The smallest absolute Gasteiger partial charge is 0.328 e. The van der Waals surface area contributed by atoms with E-state index < -0.39 is 5.97 Å². The van der Waals surface area contributed by atoms with Crippen LogP contribution in [0.5, 0.6) is 0 Å². The Balaban J connectivity index is 1.64. The lowest BCUT2D eigenvalue weighted by atomic mass is 10.0. The second-order valence-electron chi connectivity index (χ2n) is 6.79. The monoisotopic (exact) mass is 408 g/mol. The van der Waals surface area contributed by atoms with Gasteiger partial charge in [-0.1, -0.05) is 37.3 Å². The Morgan fingerprint density at radius 2 is 2.03 bits per heavy atom. The zero-order valence-corrected chi connectivity index (χ0v) is 16.6. The minimum absolute atomic E-state index is 0.113. The second-order valence-corrected chi connectivity index (χ2v) is 7.87. The molecule has 2 aromatic heterocycles. The van der Waals surface area contributed by atoms with Gasteiger partial charge in [-0.25, -0.2) is 14.8 Å². The van der Waals surface area contributed by atoms with Crippen LogP contribution < -0.4 is 5.32 Å². The lowest BCUT2D eigenvalue weighted by molar-refractivity contribution is -0.132. The Kier molecular flexibility index (Phi) is 5.26. The standard InChI is InChI=1S/C21H20N4O3S/c1-2-15(13-6-4-3-5-7-13)24-20-19-14-10-25(17(26)8-9-18(27)28)11-16(14)29-21(19)23-12-22-20/h3-9,12,15H,2,10-11H2,1H3,(H,27,28)(H,22,23,24). The number of hydrogen-bond acceptors (Lipinski definition) is 6. The second kappa shape index (κ2) is 8.00. The van der Waals surface area contributed by atoms with Crippen molar-refractivity contribution >= 4 is 39.2 Å². The van der Waals surface area contributed by atoms with E-state index in [4.69, 9.17) is 5.11 Å². The maximum Gasteiger partial charge on any atom is 0.328 e. The number of amides is 1. The Morgan fingerprint density at radius 1 is 1.24 bits per heavy atom. The van der Waals surface area contributed by atoms with Crippen molar-refractivity contribution in [1.29, 1.82) is 0 Å². The molecule has 8 heteroatoms. The van der Waals surface area contributed by atoms with E-state index >= 15 is 0 Å². The van der Waals surface area contributed by atoms with E-state index in [0.29, 0.717) is 13.1 Å².